The monoisotopic (exact) mass is 381 g/mol. The Kier molecular flexibility index (Phi) is 4.36. The number of anilines is 1. The maximum absolute atomic E-state index is 12.3. The molecule has 0 bridgehead atoms. The number of methoxy groups -OCH3 is 1. The van der Waals surface area contributed by atoms with Gasteiger partial charge in [0.2, 0.25) is 0 Å². The van der Waals surface area contributed by atoms with Gasteiger partial charge < -0.3 is 9.47 Å². The maximum atomic E-state index is 12.3. The molecule has 2 aromatic carbocycles. The molecule has 0 saturated heterocycles. The molecule has 0 saturated carbocycles. The van der Waals surface area contributed by atoms with E-state index in [0.717, 1.165) is 0 Å². The van der Waals surface area contributed by atoms with Crippen molar-refractivity contribution in [2.75, 3.05) is 18.6 Å². The number of benzene rings is 2. The van der Waals surface area contributed by atoms with Crippen molar-refractivity contribution in [1.29, 1.82) is 0 Å². The van der Waals surface area contributed by atoms with Crippen LogP contribution in [-0.4, -0.2) is 39.5 Å². The van der Waals surface area contributed by atoms with E-state index in [1.165, 1.54) is 23.1 Å². The van der Waals surface area contributed by atoms with Crippen LogP contribution in [0.5, 0.6) is 11.5 Å². The first-order valence-corrected chi connectivity index (χ1v) is 8.33. The van der Waals surface area contributed by atoms with Crippen LogP contribution in [0.1, 0.15) is 5.69 Å². The average molecular weight is 381 g/mol. The van der Waals surface area contributed by atoms with Gasteiger partial charge in [0.05, 0.1) is 36.5 Å². The van der Waals surface area contributed by atoms with Gasteiger partial charge in [-0.15, -0.1) is 5.10 Å². The lowest BCUT2D eigenvalue weighted by atomic mass is 10.2. The molecule has 28 heavy (non-hydrogen) atoms. The van der Waals surface area contributed by atoms with Crippen molar-refractivity contribution in [3.63, 3.8) is 0 Å². The number of ether oxygens (including phenoxy) is 2. The summed E-state index contributed by atoms with van der Waals surface area (Å²) >= 11 is 0. The quantitative estimate of drug-likeness (QED) is 0.491. The number of fused-ring (bicyclic) bond motifs is 1. The van der Waals surface area contributed by atoms with Crippen molar-refractivity contribution in [1.82, 2.24) is 15.0 Å². The lowest BCUT2D eigenvalue weighted by molar-refractivity contribution is -0.384. The fourth-order valence-corrected chi connectivity index (χ4v) is 2.95. The van der Waals surface area contributed by atoms with Gasteiger partial charge in [0, 0.05) is 6.07 Å². The highest BCUT2D eigenvalue weighted by Crippen LogP contribution is 2.36. The van der Waals surface area contributed by atoms with Crippen molar-refractivity contribution in [2.24, 2.45) is 0 Å². The molecule has 1 amide bonds. The second-order valence-corrected chi connectivity index (χ2v) is 6.00. The summed E-state index contributed by atoms with van der Waals surface area (Å²) < 4.78 is 12.2. The summed E-state index contributed by atoms with van der Waals surface area (Å²) in [4.78, 5) is 24.3. The fraction of sp³-hybridized carbons (Fsp3) is 0.167. The summed E-state index contributed by atoms with van der Waals surface area (Å²) in [5.74, 6) is 0.651. The number of nitro benzene ring substituents is 1. The third-order valence-corrected chi connectivity index (χ3v) is 4.29. The minimum absolute atomic E-state index is 0.102. The second kappa shape index (κ2) is 6.99. The predicted octanol–water partition coefficient (Wildman–Crippen LogP) is 2.11. The first-order chi connectivity index (χ1) is 13.6. The van der Waals surface area contributed by atoms with Gasteiger partial charge in [-0.2, -0.15) is 0 Å². The Bertz CT molecular complexity index is 1060. The van der Waals surface area contributed by atoms with E-state index >= 15 is 0 Å². The Hall–Kier alpha value is -3.95. The summed E-state index contributed by atoms with van der Waals surface area (Å²) in [7, 11) is 1.57. The van der Waals surface area contributed by atoms with E-state index in [4.69, 9.17) is 9.47 Å². The molecule has 0 N–H and O–H groups in total. The van der Waals surface area contributed by atoms with Crippen LogP contribution in [0.15, 0.2) is 48.7 Å². The molecule has 0 atom stereocenters. The van der Waals surface area contributed by atoms with Gasteiger partial charge in [0.15, 0.2) is 12.4 Å². The molecular weight excluding hydrogens is 366 g/mol. The Balaban J connectivity index is 1.63. The number of nitro groups is 1. The number of hydrogen-bond acceptors (Lipinski definition) is 7. The number of non-ortho nitro benzene ring substituents is 1. The van der Waals surface area contributed by atoms with Crippen molar-refractivity contribution in [3.8, 4) is 17.2 Å². The SMILES string of the molecule is COc1ccccc1-n1cc(CN2C(=O)COc3cc([N+](=O)[O-])ccc32)nn1. The highest BCUT2D eigenvalue weighted by molar-refractivity contribution is 5.97. The lowest BCUT2D eigenvalue weighted by Gasteiger charge is -2.28. The van der Waals surface area contributed by atoms with Gasteiger partial charge in [-0.05, 0) is 18.2 Å². The maximum Gasteiger partial charge on any atom is 0.273 e. The van der Waals surface area contributed by atoms with Gasteiger partial charge in [-0.25, -0.2) is 4.68 Å². The topological polar surface area (TPSA) is 113 Å². The zero-order valence-corrected chi connectivity index (χ0v) is 14.8. The molecule has 2 heterocycles. The zero-order chi connectivity index (χ0) is 19.7. The van der Waals surface area contributed by atoms with E-state index in [1.807, 2.05) is 24.3 Å². The van der Waals surface area contributed by atoms with Crippen LogP contribution < -0.4 is 14.4 Å². The van der Waals surface area contributed by atoms with Gasteiger partial charge in [0.1, 0.15) is 17.1 Å². The molecule has 0 aliphatic carbocycles. The number of hydrogen-bond donors (Lipinski definition) is 0. The van der Waals surface area contributed by atoms with E-state index in [9.17, 15) is 14.9 Å². The molecule has 10 nitrogen and oxygen atoms in total. The van der Waals surface area contributed by atoms with Crippen LogP contribution in [0.3, 0.4) is 0 Å². The summed E-state index contributed by atoms with van der Waals surface area (Å²) in [5, 5.41) is 19.2. The van der Waals surface area contributed by atoms with E-state index in [2.05, 4.69) is 10.3 Å². The number of carbonyl (C=O) groups excluding carboxylic acids is 1. The Morgan fingerprint density at radius 2 is 2.07 bits per heavy atom. The van der Waals surface area contributed by atoms with E-state index in [-0.39, 0.29) is 30.5 Å². The van der Waals surface area contributed by atoms with Gasteiger partial charge >= 0.3 is 0 Å². The van der Waals surface area contributed by atoms with Crippen LogP contribution in [0.4, 0.5) is 11.4 Å². The van der Waals surface area contributed by atoms with Crippen molar-refractivity contribution >= 4 is 17.3 Å². The number of para-hydroxylation sites is 2. The number of amides is 1. The van der Waals surface area contributed by atoms with E-state index in [1.54, 1.807) is 18.0 Å². The molecule has 0 radical (unpaired) electrons. The molecular formula is C18H15N5O5. The number of nitrogens with zero attached hydrogens (tertiary/aromatic N) is 5. The van der Waals surface area contributed by atoms with Gasteiger partial charge in [-0.3, -0.25) is 19.8 Å². The Labute approximate surface area is 159 Å². The molecule has 1 aliphatic heterocycles. The molecule has 0 unspecified atom stereocenters. The smallest absolute Gasteiger partial charge is 0.273 e. The third kappa shape index (κ3) is 3.11. The minimum Gasteiger partial charge on any atom is -0.494 e. The largest absolute Gasteiger partial charge is 0.494 e. The molecule has 0 fully saturated rings. The summed E-state index contributed by atoms with van der Waals surface area (Å²) in [6, 6.07) is 11.5. The van der Waals surface area contributed by atoms with Crippen LogP contribution in [0.25, 0.3) is 5.69 Å². The third-order valence-electron chi connectivity index (χ3n) is 4.29. The summed E-state index contributed by atoms with van der Waals surface area (Å²) in [6.07, 6.45) is 1.70. The van der Waals surface area contributed by atoms with Gasteiger partial charge in [0.25, 0.3) is 11.6 Å². The molecule has 3 aromatic rings. The van der Waals surface area contributed by atoms with E-state index in [0.29, 0.717) is 22.8 Å². The normalized spacial score (nSPS) is 13.0. The predicted molar refractivity (Wildman–Crippen MR) is 97.7 cm³/mol. The lowest BCUT2D eigenvalue weighted by Crippen LogP contribution is -2.38. The van der Waals surface area contributed by atoms with Crippen LogP contribution in [0, 0.1) is 10.1 Å². The molecule has 142 valence electrons. The fourth-order valence-electron chi connectivity index (χ4n) is 2.95. The average Bonchev–Trinajstić information content (AvgIpc) is 3.18. The molecule has 4 rings (SSSR count). The molecule has 10 heteroatoms. The molecule has 1 aliphatic rings. The van der Waals surface area contributed by atoms with Crippen molar-refractivity contribution in [2.45, 2.75) is 6.54 Å². The summed E-state index contributed by atoms with van der Waals surface area (Å²) in [5.41, 5.74) is 1.61. The van der Waals surface area contributed by atoms with Gasteiger partial charge in [-0.1, -0.05) is 17.3 Å². The highest BCUT2D eigenvalue weighted by atomic mass is 16.6. The first kappa shape index (κ1) is 17.5. The van der Waals surface area contributed by atoms with Crippen molar-refractivity contribution < 1.29 is 19.2 Å². The number of aromatic nitrogens is 3. The van der Waals surface area contributed by atoms with E-state index < -0.39 is 4.92 Å². The summed E-state index contributed by atoms with van der Waals surface area (Å²) in [6.45, 7) is -0.0447. The number of rotatable bonds is 5. The zero-order valence-electron chi connectivity index (χ0n) is 14.8. The Morgan fingerprint density at radius 1 is 1.25 bits per heavy atom. The first-order valence-electron chi connectivity index (χ1n) is 8.33. The molecule has 1 aromatic heterocycles. The minimum atomic E-state index is -0.511. The second-order valence-electron chi connectivity index (χ2n) is 6.00. The van der Waals surface area contributed by atoms with Crippen LogP contribution in [0.2, 0.25) is 0 Å². The van der Waals surface area contributed by atoms with Crippen LogP contribution >= 0.6 is 0 Å². The highest BCUT2D eigenvalue weighted by Gasteiger charge is 2.28. The molecule has 0 spiro atoms. The van der Waals surface area contributed by atoms with Crippen molar-refractivity contribution in [3.05, 3.63) is 64.5 Å². The Morgan fingerprint density at radius 3 is 2.86 bits per heavy atom. The standard InChI is InChI=1S/C18H15N5O5/c1-27-16-5-3-2-4-15(16)22-10-12(19-20-22)9-21-14-7-6-13(23(25)26)8-17(14)28-11-18(21)24/h2-8,10H,9,11H2,1H3. The van der Waals surface area contributed by atoms with Crippen LogP contribution in [-0.2, 0) is 11.3 Å². The number of carbonyl (C=O) groups is 1.